The molecule has 0 amide bonds. The van der Waals surface area contributed by atoms with Crippen LogP contribution in [0.2, 0.25) is 0 Å². The Morgan fingerprint density at radius 1 is 1.38 bits per heavy atom. The molecule has 2 aliphatic heterocycles. The molecule has 2 heterocycles. The van der Waals surface area contributed by atoms with Gasteiger partial charge in [0.05, 0.1) is 7.11 Å². The average molecular weight is 216 g/mol. The van der Waals surface area contributed by atoms with Crippen LogP contribution in [0.4, 0.5) is 0 Å². The smallest absolute Gasteiger partial charge is 0.269 e. The van der Waals surface area contributed by atoms with Crippen LogP contribution in [0.15, 0.2) is 33.2 Å². The molecule has 1 aromatic rings. The lowest BCUT2D eigenvalue weighted by molar-refractivity contribution is 0.366. The van der Waals surface area contributed by atoms with Gasteiger partial charge >= 0.3 is 0 Å². The van der Waals surface area contributed by atoms with E-state index in [0.717, 1.165) is 5.39 Å². The van der Waals surface area contributed by atoms with Crippen LogP contribution in [0.3, 0.4) is 0 Å². The summed E-state index contributed by atoms with van der Waals surface area (Å²) in [5.74, 6) is 0.941. The molecule has 0 radical (unpaired) electrons. The van der Waals surface area contributed by atoms with Gasteiger partial charge in [-0.15, -0.1) is 0 Å². The van der Waals surface area contributed by atoms with Crippen molar-refractivity contribution in [1.29, 1.82) is 5.41 Å². The SMILES string of the molecule is COc1cccc2cc3c(=N)onc-3oc12. The molecule has 0 unspecified atom stereocenters. The van der Waals surface area contributed by atoms with Crippen LogP contribution in [-0.2, 0) is 0 Å². The van der Waals surface area contributed by atoms with Gasteiger partial charge in [0.25, 0.3) is 11.4 Å². The molecule has 5 nitrogen and oxygen atoms in total. The second kappa shape index (κ2) is 3.10. The molecule has 5 heteroatoms. The average Bonchev–Trinajstić information content (AvgIpc) is 2.67. The summed E-state index contributed by atoms with van der Waals surface area (Å²) in [5, 5.41) is 12.0. The van der Waals surface area contributed by atoms with Gasteiger partial charge in [-0.2, -0.15) is 0 Å². The van der Waals surface area contributed by atoms with Gasteiger partial charge in [0.1, 0.15) is 5.56 Å². The number of nitrogens with one attached hydrogen (secondary N) is 1. The Labute approximate surface area is 90.1 Å². The molecule has 2 aliphatic rings. The largest absolute Gasteiger partial charge is 0.493 e. The Morgan fingerprint density at radius 2 is 2.25 bits per heavy atom. The van der Waals surface area contributed by atoms with E-state index in [1.807, 2.05) is 12.1 Å². The van der Waals surface area contributed by atoms with Gasteiger partial charge in [0, 0.05) is 5.39 Å². The fourth-order valence-electron chi connectivity index (χ4n) is 1.65. The highest BCUT2D eigenvalue weighted by Crippen LogP contribution is 2.30. The normalized spacial score (nSPS) is 11.1. The zero-order valence-electron chi connectivity index (χ0n) is 8.48. The molecule has 1 N–H and O–H groups in total. The third kappa shape index (κ3) is 1.11. The van der Waals surface area contributed by atoms with E-state index in [0.29, 0.717) is 22.8 Å². The molecule has 0 bridgehead atoms. The number of para-hydroxylation sites is 1. The first kappa shape index (κ1) is 8.96. The molecule has 0 aliphatic carbocycles. The predicted molar refractivity (Wildman–Crippen MR) is 55.3 cm³/mol. The minimum atomic E-state index is 0.00321. The fraction of sp³-hybridized carbons (Fsp3) is 0.0909. The van der Waals surface area contributed by atoms with E-state index in [2.05, 4.69) is 5.16 Å². The molecule has 0 fully saturated rings. The summed E-state index contributed by atoms with van der Waals surface area (Å²) in [6.07, 6.45) is 0. The van der Waals surface area contributed by atoms with Crippen LogP contribution in [0, 0.1) is 5.41 Å². The first-order valence-electron chi connectivity index (χ1n) is 4.70. The number of nitrogens with zero attached hydrogens (tertiary/aromatic N) is 1. The quantitative estimate of drug-likeness (QED) is 0.675. The maximum atomic E-state index is 7.50. The Kier molecular flexibility index (Phi) is 1.73. The monoisotopic (exact) mass is 216 g/mol. The molecule has 0 spiro atoms. The van der Waals surface area contributed by atoms with Crippen molar-refractivity contribution in [2.45, 2.75) is 0 Å². The lowest BCUT2D eigenvalue weighted by atomic mass is 10.1. The minimum Gasteiger partial charge on any atom is -0.493 e. The molecular weight excluding hydrogens is 208 g/mol. The van der Waals surface area contributed by atoms with E-state index < -0.39 is 0 Å². The lowest BCUT2D eigenvalue weighted by Gasteiger charge is -2.04. The maximum absolute atomic E-state index is 7.50. The van der Waals surface area contributed by atoms with Gasteiger partial charge in [0.15, 0.2) is 11.3 Å². The van der Waals surface area contributed by atoms with Crippen molar-refractivity contribution >= 4 is 11.0 Å². The molecule has 80 valence electrons. The van der Waals surface area contributed by atoms with Gasteiger partial charge in [0.2, 0.25) is 0 Å². The molecule has 0 saturated heterocycles. The number of hydrogen-bond donors (Lipinski definition) is 1. The number of aromatic nitrogens is 1. The first-order valence-corrected chi connectivity index (χ1v) is 4.70. The van der Waals surface area contributed by atoms with Crippen LogP contribution in [0.5, 0.6) is 5.75 Å². The lowest BCUT2D eigenvalue weighted by Crippen LogP contribution is -1.95. The highest BCUT2D eigenvalue weighted by Gasteiger charge is 2.15. The molecule has 3 rings (SSSR count). The van der Waals surface area contributed by atoms with E-state index in [9.17, 15) is 0 Å². The van der Waals surface area contributed by atoms with E-state index in [1.54, 1.807) is 19.2 Å². The van der Waals surface area contributed by atoms with Gasteiger partial charge in [-0.05, 0) is 17.3 Å². The summed E-state index contributed by atoms with van der Waals surface area (Å²) in [6, 6.07) is 7.35. The Hall–Kier alpha value is -2.30. The van der Waals surface area contributed by atoms with Crippen molar-refractivity contribution in [3.8, 4) is 17.2 Å². The van der Waals surface area contributed by atoms with Crippen molar-refractivity contribution < 1.29 is 13.7 Å². The number of benzene rings is 1. The third-order valence-electron chi connectivity index (χ3n) is 2.42. The van der Waals surface area contributed by atoms with Gasteiger partial charge in [-0.1, -0.05) is 12.1 Å². The molecule has 16 heavy (non-hydrogen) atoms. The summed E-state index contributed by atoms with van der Waals surface area (Å²) in [5.41, 5.74) is 1.16. The first-order chi connectivity index (χ1) is 7.79. The van der Waals surface area contributed by atoms with Crippen molar-refractivity contribution in [2.24, 2.45) is 0 Å². The predicted octanol–water partition coefficient (Wildman–Crippen LogP) is 2.01. The van der Waals surface area contributed by atoms with Crippen LogP contribution >= 0.6 is 0 Å². The van der Waals surface area contributed by atoms with Gasteiger partial charge in [-0.3, -0.25) is 5.41 Å². The van der Waals surface area contributed by atoms with Crippen LogP contribution < -0.4 is 10.3 Å². The zero-order valence-corrected chi connectivity index (χ0v) is 8.48. The zero-order chi connectivity index (χ0) is 11.1. The number of hydrogen-bond acceptors (Lipinski definition) is 5. The second-order valence-corrected chi connectivity index (χ2v) is 3.36. The van der Waals surface area contributed by atoms with Gasteiger partial charge < -0.3 is 13.7 Å². The van der Waals surface area contributed by atoms with E-state index in [-0.39, 0.29) is 5.55 Å². The summed E-state index contributed by atoms with van der Waals surface area (Å²) in [4.78, 5) is 0. The summed E-state index contributed by atoms with van der Waals surface area (Å²) in [7, 11) is 1.58. The van der Waals surface area contributed by atoms with Crippen molar-refractivity contribution in [1.82, 2.24) is 5.16 Å². The van der Waals surface area contributed by atoms with Crippen molar-refractivity contribution in [3.05, 3.63) is 29.8 Å². The molecule has 1 aromatic carbocycles. The van der Waals surface area contributed by atoms with Crippen LogP contribution in [0.25, 0.3) is 22.4 Å². The summed E-state index contributed by atoms with van der Waals surface area (Å²) >= 11 is 0. The molecule has 0 aromatic heterocycles. The fourth-order valence-corrected chi connectivity index (χ4v) is 1.65. The molecule has 0 atom stereocenters. The van der Waals surface area contributed by atoms with Gasteiger partial charge in [-0.25, -0.2) is 0 Å². The second-order valence-electron chi connectivity index (χ2n) is 3.36. The number of rotatable bonds is 1. The van der Waals surface area contributed by atoms with E-state index in [4.69, 9.17) is 19.1 Å². The number of methoxy groups -OCH3 is 1. The summed E-state index contributed by atoms with van der Waals surface area (Å²) < 4.78 is 15.5. The molecular formula is C11H8N2O3. The highest BCUT2D eigenvalue weighted by molar-refractivity contribution is 5.86. The highest BCUT2D eigenvalue weighted by atomic mass is 16.5. The standard InChI is InChI=1S/C11H8N2O3/c1-14-8-4-2-3-6-5-7-10(12)16-13-11(7)15-9(6)8/h2-5,12H,1H3. The minimum absolute atomic E-state index is 0.00321. The van der Waals surface area contributed by atoms with E-state index >= 15 is 0 Å². The number of ether oxygens (including phenoxy) is 1. The van der Waals surface area contributed by atoms with E-state index in [1.165, 1.54) is 0 Å². The molecule has 0 saturated carbocycles. The Morgan fingerprint density at radius 3 is 3.06 bits per heavy atom. The summed E-state index contributed by atoms with van der Waals surface area (Å²) in [6.45, 7) is 0. The topological polar surface area (TPSA) is 72.2 Å². The maximum Gasteiger partial charge on any atom is 0.269 e. The van der Waals surface area contributed by atoms with Crippen molar-refractivity contribution in [2.75, 3.05) is 7.11 Å². The Bertz CT molecular complexity index is 683. The number of fused-ring (bicyclic) bond motifs is 2. The van der Waals surface area contributed by atoms with Crippen LogP contribution in [0.1, 0.15) is 0 Å². The van der Waals surface area contributed by atoms with Crippen LogP contribution in [-0.4, -0.2) is 12.3 Å². The van der Waals surface area contributed by atoms with Crippen molar-refractivity contribution in [3.63, 3.8) is 0 Å². The Balaban J connectivity index is 2.49. The third-order valence-corrected chi connectivity index (χ3v) is 2.42.